The van der Waals surface area contributed by atoms with Crippen LogP contribution in [0.3, 0.4) is 0 Å². The SMILES string of the molecule is C[C@H](c1ccc(-c2cc(O)no2)cc1)n1ccnc1. The van der Waals surface area contributed by atoms with E-state index in [2.05, 4.69) is 17.1 Å². The molecule has 3 aromatic rings. The van der Waals surface area contributed by atoms with Gasteiger partial charge in [0.15, 0.2) is 5.76 Å². The summed E-state index contributed by atoms with van der Waals surface area (Å²) < 4.78 is 7.04. The van der Waals surface area contributed by atoms with Crippen molar-refractivity contribution in [3.05, 3.63) is 54.6 Å². The largest absolute Gasteiger partial charge is 0.491 e. The first kappa shape index (κ1) is 11.5. The lowest BCUT2D eigenvalue weighted by Crippen LogP contribution is -2.03. The molecule has 1 aromatic carbocycles. The fourth-order valence-corrected chi connectivity index (χ4v) is 2.00. The van der Waals surface area contributed by atoms with Gasteiger partial charge in [-0.3, -0.25) is 0 Å². The van der Waals surface area contributed by atoms with Crippen molar-refractivity contribution < 1.29 is 9.63 Å². The van der Waals surface area contributed by atoms with Crippen molar-refractivity contribution in [3.63, 3.8) is 0 Å². The van der Waals surface area contributed by atoms with Crippen molar-refractivity contribution in [2.45, 2.75) is 13.0 Å². The van der Waals surface area contributed by atoms with Crippen LogP contribution in [-0.2, 0) is 0 Å². The van der Waals surface area contributed by atoms with Crippen molar-refractivity contribution in [2.24, 2.45) is 0 Å². The first-order valence-corrected chi connectivity index (χ1v) is 5.97. The molecule has 0 spiro atoms. The summed E-state index contributed by atoms with van der Waals surface area (Å²) in [5.41, 5.74) is 2.06. The molecular formula is C14H13N3O2. The fraction of sp³-hybridized carbons (Fsp3) is 0.143. The lowest BCUT2D eigenvalue weighted by atomic mass is 10.0. The van der Waals surface area contributed by atoms with E-state index in [9.17, 15) is 0 Å². The minimum atomic E-state index is -0.106. The second-order valence-electron chi connectivity index (χ2n) is 4.36. The third-order valence-electron chi connectivity index (χ3n) is 3.15. The van der Waals surface area contributed by atoms with Gasteiger partial charge in [-0.05, 0) is 17.6 Å². The van der Waals surface area contributed by atoms with Gasteiger partial charge in [0.2, 0.25) is 0 Å². The summed E-state index contributed by atoms with van der Waals surface area (Å²) in [7, 11) is 0. The maximum atomic E-state index is 9.17. The second-order valence-corrected chi connectivity index (χ2v) is 4.36. The molecule has 1 atom stereocenters. The van der Waals surface area contributed by atoms with Crippen LogP contribution in [-0.4, -0.2) is 19.8 Å². The molecule has 2 aromatic heterocycles. The summed E-state index contributed by atoms with van der Waals surface area (Å²) >= 11 is 0. The van der Waals surface area contributed by atoms with E-state index in [1.165, 1.54) is 11.6 Å². The molecule has 3 rings (SSSR count). The van der Waals surface area contributed by atoms with E-state index in [1.807, 2.05) is 35.0 Å². The van der Waals surface area contributed by atoms with Gasteiger partial charge >= 0.3 is 0 Å². The van der Waals surface area contributed by atoms with Gasteiger partial charge in [-0.2, -0.15) is 0 Å². The number of aromatic nitrogens is 3. The number of nitrogens with zero attached hydrogens (tertiary/aromatic N) is 3. The first-order chi connectivity index (χ1) is 9.24. The molecule has 5 heteroatoms. The predicted molar refractivity (Wildman–Crippen MR) is 69.6 cm³/mol. The Labute approximate surface area is 110 Å². The van der Waals surface area contributed by atoms with E-state index in [4.69, 9.17) is 9.63 Å². The van der Waals surface area contributed by atoms with Crippen LogP contribution in [0.4, 0.5) is 0 Å². The molecule has 2 heterocycles. The quantitative estimate of drug-likeness (QED) is 0.781. The van der Waals surface area contributed by atoms with Crippen molar-refractivity contribution in [3.8, 4) is 17.2 Å². The molecular weight excluding hydrogens is 242 g/mol. The molecule has 96 valence electrons. The number of imidazole rings is 1. The van der Waals surface area contributed by atoms with Crippen LogP contribution >= 0.6 is 0 Å². The zero-order chi connectivity index (χ0) is 13.2. The van der Waals surface area contributed by atoms with E-state index in [1.54, 1.807) is 12.5 Å². The summed E-state index contributed by atoms with van der Waals surface area (Å²) in [4.78, 5) is 4.05. The van der Waals surface area contributed by atoms with E-state index in [0.717, 1.165) is 5.56 Å². The van der Waals surface area contributed by atoms with E-state index < -0.39 is 0 Å². The number of hydrogen-bond donors (Lipinski definition) is 1. The van der Waals surface area contributed by atoms with Crippen LogP contribution in [0.5, 0.6) is 5.88 Å². The van der Waals surface area contributed by atoms with Crippen LogP contribution in [0.25, 0.3) is 11.3 Å². The molecule has 0 saturated carbocycles. The molecule has 0 amide bonds. The van der Waals surface area contributed by atoms with Crippen LogP contribution < -0.4 is 0 Å². The molecule has 5 nitrogen and oxygen atoms in total. The highest BCUT2D eigenvalue weighted by Crippen LogP contribution is 2.25. The van der Waals surface area contributed by atoms with E-state index in [0.29, 0.717) is 5.76 Å². The fourth-order valence-electron chi connectivity index (χ4n) is 2.00. The summed E-state index contributed by atoms with van der Waals surface area (Å²) in [6.07, 6.45) is 5.50. The topological polar surface area (TPSA) is 64.1 Å². The highest BCUT2D eigenvalue weighted by molar-refractivity contribution is 5.58. The summed E-state index contributed by atoms with van der Waals surface area (Å²) in [6.45, 7) is 2.11. The zero-order valence-corrected chi connectivity index (χ0v) is 10.4. The Hall–Kier alpha value is -2.56. The average molecular weight is 255 g/mol. The van der Waals surface area contributed by atoms with Crippen LogP contribution in [0.1, 0.15) is 18.5 Å². The maximum Gasteiger partial charge on any atom is 0.252 e. The number of aromatic hydroxyl groups is 1. The van der Waals surface area contributed by atoms with E-state index >= 15 is 0 Å². The third kappa shape index (κ3) is 2.22. The minimum Gasteiger partial charge on any atom is -0.491 e. The van der Waals surface area contributed by atoms with E-state index in [-0.39, 0.29) is 11.9 Å². The molecule has 0 fully saturated rings. The lowest BCUT2D eigenvalue weighted by molar-refractivity contribution is 0.365. The Morgan fingerprint density at radius 3 is 2.63 bits per heavy atom. The minimum absolute atomic E-state index is 0.106. The molecule has 19 heavy (non-hydrogen) atoms. The first-order valence-electron chi connectivity index (χ1n) is 5.97. The monoisotopic (exact) mass is 255 g/mol. The molecule has 0 radical (unpaired) electrons. The van der Waals surface area contributed by atoms with Gasteiger partial charge < -0.3 is 14.2 Å². The molecule has 0 saturated heterocycles. The third-order valence-corrected chi connectivity index (χ3v) is 3.15. The van der Waals surface area contributed by atoms with Gasteiger partial charge in [-0.1, -0.05) is 24.3 Å². The Bertz CT molecular complexity index is 656. The standard InChI is InChI=1S/C14H13N3O2/c1-10(17-7-6-15-9-17)11-2-4-12(5-3-11)13-8-14(18)16-19-13/h2-10H,1H3,(H,16,18)/t10-/m1/s1. The Morgan fingerprint density at radius 1 is 1.26 bits per heavy atom. The normalized spacial score (nSPS) is 12.5. The number of rotatable bonds is 3. The highest BCUT2D eigenvalue weighted by Gasteiger charge is 2.09. The molecule has 0 aliphatic carbocycles. The predicted octanol–water partition coefficient (Wildman–Crippen LogP) is 2.85. The van der Waals surface area contributed by atoms with Gasteiger partial charge in [0.25, 0.3) is 5.88 Å². The molecule has 0 aliphatic rings. The Kier molecular flexibility index (Phi) is 2.79. The van der Waals surface area contributed by atoms with Crippen LogP contribution in [0, 0.1) is 0 Å². The van der Waals surface area contributed by atoms with Gasteiger partial charge in [0.05, 0.1) is 12.4 Å². The van der Waals surface area contributed by atoms with Gasteiger partial charge in [0, 0.05) is 24.0 Å². The molecule has 0 unspecified atom stereocenters. The highest BCUT2D eigenvalue weighted by atomic mass is 16.5. The maximum absolute atomic E-state index is 9.17. The van der Waals surface area contributed by atoms with Crippen LogP contribution in [0.2, 0.25) is 0 Å². The Morgan fingerprint density at radius 2 is 2.05 bits per heavy atom. The van der Waals surface area contributed by atoms with Crippen molar-refractivity contribution in [1.29, 1.82) is 0 Å². The van der Waals surface area contributed by atoms with Gasteiger partial charge in [-0.15, -0.1) is 0 Å². The average Bonchev–Trinajstić information content (AvgIpc) is 3.09. The molecule has 0 aliphatic heterocycles. The second kappa shape index (κ2) is 4.61. The smallest absolute Gasteiger partial charge is 0.252 e. The Balaban J connectivity index is 1.87. The molecule has 1 N–H and O–H groups in total. The zero-order valence-electron chi connectivity index (χ0n) is 10.4. The van der Waals surface area contributed by atoms with Crippen molar-refractivity contribution in [1.82, 2.24) is 14.7 Å². The summed E-state index contributed by atoms with van der Waals surface area (Å²) in [5, 5.41) is 12.6. The number of hydrogen-bond acceptors (Lipinski definition) is 4. The summed E-state index contributed by atoms with van der Waals surface area (Å²) in [6, 6.07) is 9.67. The van der Waals surface area contributed by atoms with Crippen LogP contribution in [0.15, 0.2) is 53.6 Å². The summed E-state index contributed by atoms with van der Waals surface area (Å²) in [5.74, 6) is 0.449. The number of benzene rings is 1. The molecule has 0 bridgehead atoms. The lowest BCUT2D eigenvalue weighted by Gasteiger charge is -2.13. The van der Waals surface area contributed by atoms with Gasteiger partial charge in [0.1, 0.15) is 0 Å². The van der Waals surface area contributed by atoms with Crippen molar-refractivity contribution >= 4 is 0 Å². The van der Waals surface area contributed by atoms with Gasteiger partial charge in [-0.25, -0.2) is 4.98 Å². The van der Waals surface area contributed by atoms with Crippen molar-refractivity contribution in [2.75, 3.05) is 0 Å².